The van der Waals surface area contributed by atoms with Gasteiger partial charge < -0.3 is 14.8 Å². The number of alkyl carbamates (subject to hydrolysis) is 1. The van der Waals surface area contributed by atoms with Crippen molar-refractivity contribution in [3.8, 4) is 0 Å². The van der Waals surface area contributed by atoms with Crippen LogP contribution in [0.3, 0.4) is 0 Å². The summed E-state index contributed by atoms with van der Waals surface area (Å²) in [7, 11) is 1.44. The number of ether oxygens (including phenoxy) is 2. The van der Waals surface area contributed by atoms with E-state index < -0.39 is 5.41 Å². The standard InChI is InChI=1S/C19H27NO4/c1-14-8-7-9-15(12-14)19(2,17(21)23-3)11-6-4-5-10-16-13-20-18(22)24-16/h7-9,12,16H,4-6,10-11,13H2,1-3H3,(H,20,22). The second-order valence-electron chi connectivity index (χ2n) is 6.70. The lowest BCUT2D eigenvalue weighted by atomic mass is 9.77. The maximum atomic E-state index is 12.4. The van der Waals surface area contributed by atoms with Gasteiger partial charge in [0.2, 0.25) is 0 Å². The number of benzene rings is 1. The van der Waals surface area contributed by atoms with Gasteiger partial charge >= 0.3 is 12.1 Å². The number of rotatable bonds is 8. The first-order valence-corrected chi connectivity index (χ1v) is 8.56. The lowest BCUT2D eigenvalue weighted by Crippen LogP contribution is -2.33. The maximum absolute atomic E-state index is 12.4. The molecule has 0 saturated carbocycles. The van der Waals surface area contributed by atoms with Crippen molar-refractivity contribution in [1.82, 2.24) is 5.32 Å². The van der Waals surface area contributed by atoms with Crippen molar-refractivity contribution < 1.29 is 19.1 Å². The number of esters is 1. The first-order chi connectivity index (χ1) is 11.5. The van der Waals surface area contributed by atoms with E-state index in [0.717, 1.165) is 43.2 Å². The van der Waals surface area contributed by atoms with Gasteiger partial charge in [-0.3, -0.25) is 4.79 Å². The number of nitrogens with one attached hydrogen (secondary N) is 1. The normalized spacial score (nSPS) is 19.3. The van der Waals surface area contributed by atoms with Gasteiger partial charge in [-0.1, -0.05) is 42.7 Å². The van der Waals surface area contributed by atoms with Gasteiger partial charge in [-0.2, -0.15) is 0 Å². The van der Waals surface area contributed by atoms with Crippen LogP contribution in [0.25, 0.3) is 0 Å². The number of cyclic esters (lactones) is 1. The third-order valence-corrected chi connectivity index (χ3v) is 4.74. The van der Waals surface area contributed by atoms with Crippen LogP contribution in [0, 0.1) is 6.92 Å². The predicted octanol–water partition coefficient (Wildman–Crippen LogP) is 3.48. The molecule has 0 bridgehead atoms. The van der Waals surface area contributed by atoms with Crippen molar-refractivity contribution in [2.24, 2.45) is 0 Å². The number of hydrogen-bond acceptors (Lipinski definition) is 4. The molecule has 5 heteroatoms. The largest absolute Gasteiger partial charge is 0.468 e. The number of carbonyl (C=O) groups is 2. The van der Waals surface area contributed by atoms with E-state index in [9.17, 15) is 9.59 Å². The second-order valence-corrected chi connectivity index (χ2v) is 6.70. The monoisotopic (exact) mass is 333 g/mol. The third-order valence-electron chi connectivity index (χ3n) is 4.74. The number of aryl methyl sites for hydroxylation is 1. The lowest BCUT2D eigenvalue weighted by Gasteiger charge is -2.27. The third kappa shape index (κ3) is 4.49. The highest BCUT2D eigenvalue weighted by Gasteiger charge is 2.35. The number of hydrogen-bond donors (Lipinski definition) is 1. The minimum atomic E-state index is -0.623. The van der Waals surface area contributed by atoms with Crippen LogP contribution >= 0.6 is 0 Å². The molecule has 1 aliphatic heterocycles. The highest BCUT2D eigenvalue weighted by molar-refractivity contribution is 5.82. The van der Waals surface area contributed by atoms with Crippen LogP contribution in [0.15, 0.2) is 24.3 Å². The number of methoxy groups -OCH3 is 1. The zero-order valence-electron chi connectivity index (χ0n) is 14.8. The van der Waals surface area contributed by atoms with Crippen LogP contribution < -0.4 is 5.32 Å². The molecule has 0 spiro atoms. The molecule has 2 rings (SSSR count). The van der Waals surface area contributed by atoms with Gasteiger partial charge in [0.25, 0.3) is 0 Å². The summed E-state index contributed by atoms with van der Waals surface area (Å²) in [6, 6.07) is 8.06. The zero-order valence-corrected chi connectivity index (χ0v) is 14.8. The number of amides is 1. The van der Waals surface area contributed by atoms with Crippen LogP contribution in [0.1, 0.15) is 50.2 Å². The molecular weight excluding hydrogens is 306 g/mol. The van der Waals surface area contributed by atoms with E-state index in [4.69, 9.17) is 9.47 Å². The average molecular weight is 333 g/mol. The summed E-state index contributed by atoms with van der Waals surface area (Å²) in [4.78, 5) is 23.3. The molecule has 24 heavy (non-hydrogen) atoms. The van der Waals surface area contributed by atoms with E-state index in [0.29, 0.717) is 6.54 Å². The van der Waals surface area contributed by atoms with Crippen molar-refractivity contribution in [3.63, 3.8) is 0 Å². The minimum absolute atomic E-state index is 0.0127. The van der Waals surface area contributed by atoms with E-state index in [1.165, 1.54) is 7.11 Å². The molecule has 1 aromatic rings. The van der Waals surface area contributed by atoms with Crippen LogP contribution in [0.4, 0.5) is 4.79 Å². The Morgan fingerprint density at radius 2 is 2.17 bits per heavy atom. The first-order valence-electron chi connectivity index (χ1n) is 8.56. The zero-order chi connectivity index (χ0) is 17.6. The van der Waals surface area contributed by atoms with Crippen molar-refractivity contribution in [2.75, 3.05) is 13.7 Å². The quantitative estimate of drug-likeness (QED) is 0.584. The van der Waals surface area contributed by atoms with Crippen LogP contribution in [0.2, 0.25) is 0 Å². The second kappa shape index (κ2) is 8.18. The molecule has 1 aromatic carbocycles. The van der Waals surface area contributed by atoms with Crippen LogP contribution in [0.5, 0.6) is 0 Å². The van der Waals surface area contributed by atoms with Gasteiger partial charge in [0.05, 0.1) is 19.1 Å². The van der Waals surface area contributed by atoms with Crippen LogP contribution in [-0.4, -0.2) is 31.8 Å². The maximum Gasteiger partial charge on any atom is 0.407 e. The molecule has 1 heterocycles. The smallest absolute Gasteiger partial charge is 0.407 e. The van der Waals surface area contributed by atoms with Gasteiger partial charge in [-0.15, -0.1) is 0 Å². The molecule has 2 unspecified atom stereocenters. The van der Waals surface area contributed by atoms with Gasteiger partial charge in [0, 0.05) is 0 Å². The summed E-state index contributed by atoms with van der Waals surface area (Å²) in [5.41, 5.74) is 1.52. The van der Waals surface area contributed by atoms with Crippen molar-refractivity contribution in [3.05, 3.63) is 35.4 Å². The number of unbranched alkanes of at least 4 members (excludes halogenated alkanes) is 2. The Labute approximate surface area is 143 Å². The summed E-state index contributed by atoms with van der Waals surface area (Å²) < 4.78 is 10.2. The fourth-order valence-electron chi connectivity index (χ4n) is 3.20. The molecule has 132 valence electrons. The molecule has 0 aliphatic carbocycles. The van der Waals surface area contributed by atoms with E-state index in [2.05, 4.69) is 11.4 Å². The average Bonchev–Trinajstić information content (AvgIpc) is 2.98. The SMILES string of the molecule is COC(=O)C(C)(CCCCCC1CNC(=O)O1)c1cccc(C)c1. The number of carbonyl (C=O) groups excluding carboxylic acids is 2. The lowest BCUT2D eigenvalue weighted by molar-refractivity contribution is -0.147. The van der Waals surface area contributed by atoms with Gasteiger partial charge in [0.15, 0.2) is 0 Å². The van der Waals surface area contributed by atoms with Crippen molar-refractivity contribution in [1.29, 1.82) is 0 Å². The van der Waals surface area contributed by atoms with Crippen molar-refractivity contribution in [2.45, 2.75) is 57.5 Å². The molecule has 1 saturated heterocycles. The molecular formula is C19H27NO4. The Bertz CT molecular complexity index is 586. The van der Waals surface area contributed by atoms with Crippen molar-refractivity contribution >= 4 is 12.1 Å². The Balaban J connectivity index is 1.87. The van der Waals surface area contributed by atoms with Gasteiger partial charge in [0.1, 0.15) is 6.10 Å². The Morgan fingerprint density at radius 1 is 1.38 bits per heavy atom. The summed E-state index contributed by atoms with van der Waals surface area (Å²) >= 11 is 0. The van der Waals surface area contributed by atoms with Crippen LogP contribution in [-0.2, 0) is 19.7 Å². The molecule has 5 nitrogen and oxygen atoms in total. The highest BCUT2D eigenvalue weighted by atomic mass is 16.6. The molecule has 2 atom stereocenters. The minimum Gasteiger partial charge on any atom is -0.468 e. The topological polar surface area (TPSA) is 64.6 Å². The Kier molecular flexibility index (Phi) is 6.23. The Hall–Kier alpha value is -2.04. The summed E-state index contributed by atoms with van der Waals surface area (Å²) in [6.07, 6.45) is 4.16. The molecule has 1 fully saturated rings. The molecule has 1 aliphatic rings. The van der Waals surface area contributed by atoms with Gasteiger partial charge in [-0.25, -0.2) is 4.79 Å². The Morgan fingerprint density at radius 3 is 2.79 bits per heavy atom. The summed E-state index contributed by atoms with van der Waals surface area (Å²) in [5.74, 6) is -0.193. The van der Waals surface area contributed by atoms with Gasteiger partial charge in [-0.05, 0) is 38.7 Å². The fraction of sp³-hybridized carbons (Fsp3) is 0.579. The first kappa shape index (κ1) is 18.3. The molecule has 1 N–H and O–H groups in total. The highest BCUT2D eigenvalue weighted by Crippen LogP contribution is 2.32. The fourth-order valence-corrected chi connectivity index (χ4v) is 3.20. The molecule has 0 radical (unpaired) electrons. The van der Waals surface area contributed by atoms with E-state index in [1.54, 1.807) is 0 Å². The van der Waals surface area contributed by atoms with E-state index in [1.807, 2.05) is 32.0 Å². The van der Waals surface area contributed by atoms with E-state index >= 15 is 0 Å². The summed E-state index contributed by atoms with van der Waals surface area (Å²) in [6.45, 7) is 4.58. The van der Waals surface area contributed by atoms with E-state index in [-0.39, 0.29) is 18.2 Å². The molecule has 0 aromatic heterocycles. The predicted molar refractivity (Wildman–Crippen MR) is 91.9 cm³/mol. The molecule has 1 amide bonds. The summed E-state index contributed by atoms with van der Waals surface area (Å²) in [5, 5.41) is 2.66.